The van der Waals surface area contributed by atoms with Crippen LogP contribution in [-0.2, 0) is 0 Å². The quantitative estimate of drug-likeness (QED) is 0.588. The lowest BCUT2D eigenvalue weighted by Crippen LogP contribution is -1.99. The molecule has 2 aromatic carbocycles. The van der Waals surface area contributed by atoms with Crippen LogP contribution in [0.3, 0.4) is 0 Å². The topological polar surface area (TPSA) is 103 Å². The minimum absolute atomic E-state index is 0.0226. The molecule has 7 heteroatoms. The van der Waals surface area contributed by atoms with E-state index in [0.29, 0.717) is 11.3 Å². The van der Waals surface area contributed by atoms with Gasteiger partial charge < -0.3 is 10.4 Å². The second-order valence-corrected chi connectivity index (χ2v) is 5.61. The van der Waals surface area contributed by atoms with Crippen molar-refractivity contribution in [2.45, 2.75) is 6.92 Å². The number of nitrogens with one attached hydrogen (secondary N) is 2. The molecule has 1 heterocycles. The van der Waals surface area contributed by atoms with Crippen LogP contribution >= 0.6 is 0 Å². The number of aromatic carboxylic acids is 1. The average Bonchev–Trinajstić information content (AvgIpc) is 3.13. The van der Waals surface area contributed by atoms with E-state index in [9.17, 15) is 4.79 Å². The Bertz CT molecular complexity index is 956. The first-order chi connectivity index (χ1) is 12.6. The molecule has 3 N–H and O–H groups in total. The maximum Gasteiger partial charge on any atom is 0.356 e. The van der Waals surface area contributed by atoms with Crippen LogP contribution in [0, 0.1) is 0 Å². The largest absolute Gasteiger partial charge is 0.476 e. The molecule has 3 aromatic rings. The summed E-state index contributed by atoms with van der Waals surface area (Å²) in [6.07, 6.45) is 1.65. The van der Waals surface area contributed by atoms with E-state index in [1.54, 1.807) is 6.20 Å². The van der Waals surface area contributed by atoms with Crippen LogP contribution in [0.15, 0.2) is 65.4 Å². The molecule has 130 valence electrons. The van der Waals surface area contributed by atoms with E-state index in [-0.39, 0.29) is 5.69 Å². The van der Waals surface area contributed by atoms with Gasteiger partial charge in [0.05, 0.1) is 0 Å². The Morgan fingerprint density at radius 2 is 1.69 bits per heavy atom. The Morgan fingerprint density at radius 1 is 1.12 bits per heavy atom. The van der Waals surface area contributed by atoms with Gasteiger partial charge in [-0.05, 0) is 36.9 Å². The summed E-state index contributed by atoms with van der Waals surface area (Å²) >= 11 is 0. The number of H-pyrrole nitrogens is 1. The molecular weight excluding hydrogens is 330 g/mol. The summed E-state index contributed by atoms with van der Waals surface area (Å²) in [7, 11) is 0. The van der Waals surface area contributed by atoms with Gasteiger partial charge >= 0.3 is 5.97 Å². The lowest BCUT2D eigenvalue weighted by atomic mass is 10.0. The van der Waals surface area contributed by atoms with Crippen LogP contribution in [0.1, 0.15) is 17.4 Å². The number of allylic oxidation sites excluding steroid dienone is 1. The molecule has 0 aliphatic carbocycles. The molecule has 1 aromatic heterocycles. The van der Waals surface area contributed by atoms with Gasteiger partial charge in [-0.15, -0.1) is 5.10 Å². The second-order valence-electron chi connectivity index (χ2n) is 5.61. The normalized spacial score (nSPS) is 11.2. The van der Waals surface area contributed by atoms with Gasteiger partial charge in [-0.3, -0.25) is 10.1 Å². The zero-order valence-corrected chi connectivity index (χ0v) is 14.1. The van der Waals surface area contributed by atoms with Gasteiger partial charge in [-0.2, -0.15) is 0 Å². The minimum atomic E-state index is -1.09. The number of carbonyl (C=O) groups is 1. The highest BCUT2D eigenvalue weighted by Gasteiger charge is 2.15. The summed E-state index contributed by atoms with van der Waals surface area (Å²) in [5.41, 5.74) is 4.91. The first-order valence-corrected chi connectivity index (χ1v) is 7.83. The fourth-order valence-electron chi connectivity index (χ4n) is 2.54. The van der Waals surface area contributed by atoms with Gasteiger partial charge in [0.1, 0.15) is 5.69 Å². The van der Waals surface area contributed by atoms with Gasteiger partial charge in [0.15, 0.2) is 5.69 Å². The summed E-state index contributed by atoms with van der Waals surface area (Å²) < 4.78 is 0. The number of carboxylic acid groups (broad SMARTS) is 1. The summed E-state index contributed by atoms with van der Waals surface area (Å²) in [5, 5.41) is 22.2. The molecule has 7 nitrogen and oxygen atoms in total. The van der Waals surface area contributed by atoms with Gasteiger partial charge in [-0.1, -0.05) is 41.6 Å². The van der Waals surface area contributed by atoms with Crippen molar-refractivity contribution in [1.29, 1.82) is 0 Å². The smallest absolute Gasteiger partial charge is 0.356 e. The second kappa shape index (κ2) is 7.43. The summed E-state index contributed by atoms with van der Waals surface area (Å²) in [5.74, 6) is -1.09. The van der Waals surface area contributed by atoms with Crippen LogP contribution in [-0.4, -0.2) is 33.2 Å². The Balaban J connectivity index is 1.80. The molecule has 0 saturated heterocycles. The number of rotatable bonds is 6. The SMILES string of the molecule is C=N/C=C(/C)Nc1ccc(-c2ccc(-c3nn[nH]c3C(=O)O)cc2)cc1. The van der Waals surface area contributed by atoms with Gasteiger partial charge in [0.2, 0.25) is 0 Å². The number of benzene rings is 2. The van der Waals surface area contributed by atoms with Gasteiger partial charge in [0.25, 0.3) is 0 Å². The molecule has 0 radical (unpaired) electrons. The molecule has 0 atom stereocenters. The number of nitrogens with zero attached hydrogens (tertiary/aromatic N) is 3. The lowest BCUT2D eigenvalue weighted by molar-refractivity contribution is 0.0691. The number of carboxylic acids is 1. The van der Waals surface area contributed by atoms with Gasteiger partial charge in [-0.25, -0.2) is 4.79 Å². The van der Waals surface area contributed by atoms with Crippen molar-refractivity contribution in [2.24, 2.45) is 4.99 Å². The predicted molar refractivity (Wildman–Crippen MR) is 101 cm³/mol. The Kier molecular flexibility index (Phi) is 4.89. The highest BCUT2D eigenvalue weighted by molar-refractivity contribution is 5.92. The Hall–Kier alpha value is -3.74. The number of aromatic amines is 1. The van der Waals surface area contributed by atoms with Crippen molar-refractivity contribution in [3.8, 4) is 22.4 Å². The molecule has 0 fully saturated rings. The molecular formula is C19H17N5O2. The van der Waals surface area contributed by atoms with E-state index in [1.165, 1.54) is 0 Å². The third kappa shape index (κ3) is 3.67. The molecule has 0 unspecified atom stereocenters. The average molecular weight is 347 g/mol. The minimum Gasteiger partial charge on any atom is -0.476 e. The molecule has 0 aliphatic rings. The standard InChI is InChI=1S/C19H17N5O2/c1-12(11-20-2)21-16-9-7-14(8-10-16)13-3-5-15(6-4-13)17-18(19(25)26)23-24-22-17/h3-11,21H,2H2,1H3,(H,25,26)(H,22,23,24)/b12-11-. The molecule has 0 spiro atoms. The zero-order chi connectivity index (χ0) is 18.5. The summed E-state index contributed by atoms with van der Waals surface area (Å²) in [6, 6.07) is 15.5. The first kappa shape index (κ1) is 17.1. The number of hydrogen-bond acceptors (Lipinski definition) is 5. The maximum atomic E-state index is 11.2. The van der Waals surface area contributed by atoms with Crippen LogP contribution in [0.2, 0.25) is 0 Å². The number of aliphatic imine (C=N–C) groups is 1. The third-order valence-corrected chi connectivity index (χ3v) is 3.77. The van der Waals surface area contributed by atoms with Gasteiger partial charge in [0, 0.05) is 23.1 Å². The lowest BCUT2D eigenvalue weighted by Gasteiger charge is -2.08. The van der Waals surface area contributed by atoms with Crippen LogP contribution in [0.4, 0.5) is 5.69 Å². The van der Waals surface area contributed by atoms with Crippen molar-refractivity contribution in [2.75, 3.05) is 5.32 Å². The Labute approximate surface area is 150 Å². The zero-order valence-electron chi connectivity index (χ0n) is 14.1. The van der Waals surface area contributed by atoms with Crippen LogP contribution in [0.5, 0.6) is 0 Å². The summed E-state index contributed by atoms with van der Waals surface area (Å²) in [6.45, 7) is 5.34. The van der Waals surface area contributed by atoms with E-state index in [4.69, 9.17) is 5.11 Å². The molecule has 0 amide bonds. The summed E-state index contributed by atoms with van der Waals surface area (Å²) in [4.78, 5) is 14.9. The predicted octanol–water partition coefficient (Wildman–Crippen LogP) is 3.81. The highest BCUT2D eigenvalue weighted by Crippen LogP contribution is 2.26. The molecule has 0 bridgehead atoms. The number of anilines is 1. The Morgan fingerprint density at radius 3 is 2.27 bits per heavy atom. The van der Waals surface area contributed by atoms with Crippen molar-refractivity contribution >= 4 is 18.4 Å². The van der Waals surface area contributed by atoms with Crippen LogP contribution in [0.25, 0.3) is 22.4 Å². The van der Waals surface area contributed by atoms with E-state index >= 15 is 0 Å². The van der Waals surface area contributed by atoms with E-state index in [0.717, 1.165) is 22.5 Å². The number of aromatic nitrogens is 3. The molecule has 3 rings (SSSR count). The third-order valence-electron chi connectivity index (χ3n) is 3.77. The van der Waals surface area contributed by atoms with Crippen molar-refractivity contribution in [3.05, 3.63) is 66.1 Å². The molecule has 0 saturated carbocycles. The first-order valence-electron chi connectivity index (χ1n) is 7.83. The highest BCUT2D eigenvalue weighted by atomic mass is 16.4. The van der Waals surface area contributed by atoms with Crippen LogP contribution < -0.4 is 5.32 Å². The van der Waals surface area contributed by atoms with E-state index in [1.807, 2.05) is 55.5 Å². The van der Waals surface area contributed by atoms with Crippen molar-refractivity contribution in [3.63, 3.8) is 0 Å². The number of hydrogen-bond donors (Lipinski definition) is 3. The van der Waals surface area contributed by atoms with Crippen molar-refractivity contribution in [1.82, 2.24) is 15.4 Å². The molecule has 0 aliphatic heterocycles. The monoisotopic (exact) mass is 347 g/mol. The van der Waals surface area contributed by atoms with Crippen molar-refractivity contribution < 1.29 is 9.90 Å². The fourth-order valence-corrected chi connectivity index (χ4v) is 2.54. The van der Waals surface area contributed by atoms with E-state index < -0.39 is 5.97 Å². The van der Waals surface area contributed by atoms with E-state index in [2.05, 4.69) is 32.4 Å². The molecule has 26 heavy (non-hydrogen) atoms. The fraction of sp³-hybridized carbons (Fsp3) is 0.0526. The maximum absolute atomic E-state index is 11.2.